The molecule has 0 fully saturated rings. The van der Waals surface area contributed by atoms with Crippen LogP contribution in [0.2, 0.25) is 0 Å². The largest absolute Gasteiger partial charge is 0.399 e. The summed E-state index contributed by atoms with van der Waals surface area (Å²) in [6.45, 7) is 0.298. The number of benzene rings is 2. The van der Waals surface area contributed by atoms with E-state index in [-0.39, 0.29) is 5.91 Å². The van der Waals surface area contributed by atoms with Gasteiger partial charge in [-0.1, -0.05) is 28.1 Å². The second-order valence-electron chi connectivity index (χ2n) is 4.52. The van der Waals surface area contributed by atoms with Crippen molar-refractivity contribution in [3.8, 4) is 0 Å². The van der Waals surface area contributed by atoms with Gasteiger partial charge in [-0.25, -0.2) is 0 Å². The molecule has 0 atom stereocenters. The normalized spacial score (nSPS) is 10.1. The molecule has 5 N–H and O–H groups in total. The molecule has 2 amide bonds. The Hall–Kier alpha value is -2.34. The summed E-state index contributed by atoms with van der Waals surface area (Å²) in [5.74, 6) is -0.740. The first-order valence-electron chi connectivity index (χ1n) is 6.19. The van der Waals surface area contributed by atoms with Crippen LogP contribution < -0.4 is 16.8 Å². The summed E-state index contributed by atoms with van der Waals surface area (Å²) in [6, 6.07) is 11.8. The van der Waals surface area contributed by atoms with E-state index >= 15 is 0 Å². The second-order valence-corrected chi connectivity index (χ2v) is 5.44. The van der Waals surface area contributed by atoms with Crippen LogP contribution in [0.3, 0.4) is 0 Å². The molecule has 21 heavy (non-hydrogen) atoms. The first kappa shape index (κ1) is 15.1. The van der Waals surface area contributed by atoms with Crippen LogP contribution in [0.25, 0.3) is 0 Å². The van der Waals surface area contributed by atoms with E-state index in [4.69, 9.17) is 11.5 Å². The van der Waals surface area contributed by atoms with Gasteiger partial charge in [0.1, 0.15) is 0 Å². The number of hydrogen-bond donors (Lipinski definition) is 3. The maximum Gasteiger partial charge on any atom is 0.251 e. The second kappa shape index (κ2) is 6.41. The summed E-state index contributed by atoms with van der Waals surface area (Å²) < 4.78 is 0.739. The SMILES string of the molecule is NC(=O)c1cccc(CNC(=O)c2cc(N)cc(Br)c2)c1. The molecule has 0 aromatic heterocycles. The Kier molecular flexibility index (Phi) is 4.59. The minimum atomic E-state index is -0.497. The fraction of sp³-hybridized carbons (Fsp3) is 0.0667. The molecule has 0 saturated heterocycles. The van der Waals surface area contributed by atoms with Crippen LogP contribution >= 0.6 is 15.9 Å². The van der Waals surface area contributed by atoms with Crippen LogP contribution in [0, 0.1) is 0 Å². The van der Waals surface area contributed by atoms with Gasteiger partial charge in [-0.3, -0.25) is 9.59 Å². The van der Waals surface area contributed by atoms with Crippen LogP contribution in [-0.4, -0.2) is 11.8 Å². The Morgan fingerprint density at radius 3 is 2.52 bits per heavy atom. The van der Waals surface area contributed by atoms with E-state index < -0.39 is 5.91 Å². The summed E-state index contributed by atoms with van der Waals surface area (Å²) in [6.07, 6.45) is 0. The quantitative estimate of drug-likeness (QED) is 0.738. The van der Waals surface area contributed by atoms with E-state index in [0.717, 1.165) is 10.0 Å². The van der Waals surface area contributed by atoms with Gasteiger partial charge in [0.15, 0.2) is 0 Å². The molecule has 0 bridgehead atoms. The van der Waals surface area contributed by atoms with Crippen molar-refractivity contribution in [2.24, 2.45) is 5.73 Å². The third-order valence-electron chi connectivity index (χ3n) is 2.85. The van der Waals surface area contributed by atoms with Crippen LogP contribution in [0.15, 0.2) is 46.9 Å². The molecule has 2 aromatic rings. The van der Waals surface area contributed by atoms with Crippen molar-refractivity contribution in [1.82, 2.24) is 5.32 Å². The predicted molar refractivity (Wildman–Crippen MR) is 84.7 cm³/mol. The minimum Gasteiger partial charge on any atom is -0.399 e. The predicted octanol–water partition coefficient (Wildman–Crippen LogP) is 2.06. The molecular formula is C15H14BrN3O2. The number of carbonyl (C=O) groups excluding carboxylic acids is 2. The molecule has 0 aliphatic carbocycles. The topological polar surface area (TPSA) is 98.2 Å². The Morgan fingerprint density at radius 2 is 1.86 bits per heavy atom. The highest BCUT2D eigenvalue weighted by Crippen LogP contribution is 2.17. The van der Waals surface area contributed by atoms with Gasteiger partial charge in [0.25, 0.3) is 5.91 Å². The molecule has 0 radical (unpaired) electrons. The van der Waals surface area contributed by atoms with Crippen molar-refractivity contribution in [1.29, 1.82) is 0 Å². The Labute approximate surface area is 130 Å². The number of nitrogens with one attached hydrogen (secondary N) is 1. The van der Waals surface area contributed by atoms with Gasteiger partial charge in [0.05, 0.1) is 0 Å². The highest BCUT2D eigenvalue weighted by molar-refractivity contribution is 9.10. The number of rotatable bonds is 4. The zero-order valence-electron chi connectivity index (χ0n) is 11.1. The minimum absolute atomic E-state index is 0.243. The maximum atomic E-state index is 12.1. The van der Waals surface area contributed by atoms with Gasteiger partial charge in [-0.2, -0.15) is 0 Å². The molecule has 2 aromatic carbocycles. The van der Waals surface area contributed by atoms with Crippen LogP contribution in [0.5, 0.6) is 0 Å². The van der Waals surface area contributed by atoms with Gasteiger partial charge in [0, 0.05) is 27.8 Å². The third kappa shape index (κ3) is 4.06. The van der Waals surface area contributed by atoms with Crippen LogP contribution in [0.4, 0.5) is 5.69 Å². The number of amides is 2. The molecular weight excluding hydrogens is 334 g/mol. The summed E-state index contributed by atoms with van der Waals surface area (Å²) in [5, 5.41) is 2.77. The number of anilines is 1. The van der Waals surface area contributed by atoms with E-state index in [2.05, 4.69) is 21.2 Å². The zero-order chi connectivity index (χ0) is 15.4. The lowest BCUT2D eigenvalue weighted by Gasteiger charge is -2.07. The van der Waals surface area contributed by atoms with Gasteiger partial charge in [-0.05, 0) is 35.9 Å². The van der Waals surface area contributed by atoms with Crippen molar-refractivity contribution in [3.63, 3.8) is 0 Å². The average Bonchev–Trinajstić information content (AvgIpc) is 2.44. The maximum absolute atomic E-state index is 12.1. The Morgan fingerprint density at radius 1 is 1.10 bits per heavy atom. The van der Waals surface area contributed by atoms with E-state index in [1.807, 2.05) is 6.07 Å². The molecule has 0 spiro atoms. The summed E-state index contributed by atoms with van der Waals surface area (Å²) in [5.41, 5.74) is 13.1. The van der Waals surface area contributed by atoms with Gasteiger partial charge in [0.2, 0.25) is 5.91 Å². The molecule has 0 aliphatic heterocycles. The van der Waals surface area contributed by atoms with Crippen LogP contribution in [0.1, 0.15) is 26.3 Å². The fourth-order valence-corrected chi connectivity index (χ4v) is 2.37. The average molecular weight is 348 g/mol. The zero-order valence-corrected chi connectivity index (χ0v) is 12.7. The molecule has 5 nitrogen and oxygen atoms in total. The van der Waals surface area contributed by atoms with Crippen molar-refractivity contribution < 1.29 is 9.59 Å². The van der Waals surface area contributed by atoms with E-state index in [0.29, 0.717) is 23.4 Å². The monoisotopic (exact) mass is 347 g/mol. The molecule has 0 heterocycles. The number of hydrogen-bond acceptors (Lipinski definition) is 3. The lowest BCUT2D eigenvalue weighted by Crippen LogP contribution is -2.23. The first-order valence-corrected chi connectivity index (χ1v) is 6.98. The Balaban J connectivity index is 2.07. The summed E-state index contributed by atoms with van der Waals surface area (Å²) in [7, 11) is 0. The number of nitrogen functional groups attached to an aromatic ring is 1. The van der Waals surface area contributed by atoms with Crippen molar-refractivity contribution >= 4 is 33.4 Å². The van der Waals surface area contributed by atoms with Gasteiger partial charge >= 0.3 is 0 Å². The van der Waals surface area contributed by atoms with Gasteiger partial charge < -0.3 is 16.8 Å². The fourth-order valence-electron chi connectivity index (χ4n) is 1.86. The van der Waals surface area contributed by atoms with Crippen molar-refractivity contribution in [2.75, 3.05) is 5.73 Å². The van der Waals surface area contributed by atoms with E-state index in [1.54, 1.807) is 36.4 Å². The molecule has 0 aliphatic rings. The summed E-state index contributed by atoms with van der Waals surface area (Å²) >= 11 is 3.29. The van der Waals surface area contributed by atoms with Crippen molar-refractivity contribution in [2.45, 2.75) is 6.54 Å². The standard InChI is InChI=1S/C15H14BrN3O2/c16-12-5-11(6-13(17)7-12)15(21)19-8-9-2-1-3-10(4-9)14(18)20/h1-7H,8,17H2,(H2,18,20)(H,19,21). The number of carbonyl (C=O) groups is 2. The molecule has 0 saturated carbocycles. The smallest absolute Gasteiger partial charge is 0.251 e. The number of halogens is 1. The molecule has 2 rings (SSSR count). The highest BCUT2D eigenvalue weighted by atomic mass is 79.9. The number of primary amides is 1. The Bertz CT molecular complexity index is 681. The van der Waals surface area contributed by atoms with E-state index in [1.165, 1.54) is 0 Å². The molecule has 108 valence electrons. The first-order chi connectivity index (χ1) is 9.95. The molecule has 0 unspecified atom stereocenters. The van der Waals surface area contributed by atoms with E-state index in [9.17, 15) is 9.59 Å². The lowest BCUT2D eigenvalue weighted by atomic mass is 10.1. The van der Waals surface area contributed by atoms with Gasteiger partial charge in [-0.15, -0.1) is 0 Å². The summed E-state index contributed by atoms with van der Waals surface area (Å²) in [4.78, 5) is 23.2. The highest BCUT2D eigenvalue weighted by Gasteiger charge is 2.08. The van der Waals surface area contributed by atoms with Crippen molar-refractivity contribution in [3.05, 3.63) is 63.6 Å². The molecule has 6 heteroatoms. The van der Waals surface area contributed by atoms with Crippen LogP contribution in [-0.2, 0) is 6.54 Å². The number of nitrogens with two attached hydrogens (primary N) is 2. The third-order valence-corrected chi connectivity index (χ3v) is 3.30. The lowest BCUT2D eigenvalue weighted by molar-refractivity contribution is 0.0950.